The number of halogens is 5. The van der Waals surface area contributed by atoms with Crippen LogP contribution in [0.4, 0.5) is 22.0 Å². The third-order valence-corrected chi connectivity index (χ3v) is 21.0. The van der Waals surface area contributed by atoms with Crippen molar-refractivity contribution in [3.05, 3.63) is 0 Å². The second-order valence-electron chi connectivity index (χ2n) is 30.1. The topological polar surface area (TPSA) is 231 Å². The van der Waals surface area contributed by atoms with E-state index in [4.69, 9.17) is 23.7 Å². The molecule has 4 aliphatic heterocycles. The zero-order chi connectivity index (χ0) is 63.8. The molecule has 5 aliphatic carbocycles. The van der Waals surface area contributed by atoms with Crippen LogP contribution in [-0.2, 0) is 57.1 Å². The van der Waals surface area contributed by atoms with Gasteiger partial charge in [-0.05, 0) is 212 Å². The molecule has 5 saturated carbocycles. The SMILES string of the molecule is CCC(C)(C)C(=O)OC1(C)COC(O)(C(F)(F)F)C1(F)F.CCC(C)(C)C(=O)OC12CC3CC(C(C)(C)O)(C1)CC(C(C)(C)O)(C3)C2.CCC(C)(C)C(=O)OC1C2CC3C(=O)OC1C3O2.CCC(C)(C)C(=O)OC1CCC(C(C)(C)O)CC1. The maximum absolute atomic E-state index is 14.0. The molecule has 0 aromatic heterocycles. The van der Waals surface area contributed by atoms with Crippen molar-refractivity contribution in [3.63, 3.8) is 0 Å². The van der Waals surface area contributed by atoms with Crippen molar-refractivity contribution in [3.8, 4) is 0 Å². The summed E-state index contributed by atoms with van der Waals surface area (Å²) in [5, 5.41) is 41.3. The first-order valence-electron chi connectivity index (χ1n) is 30.1. The molecule has 83 heavy (non-hydrogen) atoms. The van der Waals surface area contributed by atoms with Crippen molar-refractivity contribution in [2.24, 2.45) is 50.2 Å². The molecule has 21 heteroatoms. The molecule has 0 aromatic carbocycles. The fourth-order valence-electron chi connectivity index (χ4n) is 13.1. The predicted octanol–water partition coefficient (Wildman–Crippen LogP) is 11.2. The smallest absolute Gasteiger partial charge is 0.449 e. The minimum Gasteiger partial charge on any atom is -0.462 e. The first-order chi connectivity index (χ1) is 37.3. The van der Waals surface area contributed by atoms with Gasteiger partial charge in [0, 0.05) is 10.8 Å². The van der Waals surface area contributed by atoms with Crippen molar-refractivity contribution < 1.29 is 99.5 Å². The number of aliphatic hydroxyl groups is 4. The molecule has 6 bridgehead atoms. The Morgan fingerprint density at radius 3 is 1.46 bits per heavy atom. The molecule has 9 rings (SSSR count). The number of hydrogen-bond acceptors (Lipinski definition) is 16. The van der Waals surface area contributed by atoms with E-state index in [1.165, 1.54) is 13.8 Å². The van der Waals surface area contributed by atoms with E-state index in [0.29, 0.717) is 44.4 Å². The zero-order valence-corrected chi connectivity index (χ0v) is 53.0. The summed E-state index contributed by atoms with van der Waals surface area (Å²) < 4.78 is 103. The highest BCUT2D eigenvalue weighted by atomic mass is 19.4. The van der Waals surface area contributed by atoms with Gasteiger partial charge < -0.3 is 53.6 Å². The normalized spacial score (nSPS) is 35.4. The molecular weight excluding hydrogens is 1100 g/mol. The third-order valence-electron chi connectivity index (χ3n) is 21.0. The van der Waals surface area contributed by atoms with Gasteiger partial charge in [0.05, 0.1) is 57.1 Å². The van der Waals surface area contributed by atoms with Crippen LogP contribution in [0.2, 0.25) is 0 Å². The Balaban J connectivity index is 0.000000205. The summed E-state index contributed by atoms with van der Waals surface area (Å²) in [5.74, 6) is -10.7. The number of esters is 5. The number of carbonyl (C=O) groups is 5. The number of hydrogen-bond donors (Lipinski definition) is 4. The van der Waals surface area contributed by atoms with E-state index in [0.717, 1.165) is 64.2 Å². The second kappa shape index (κ2) is 23.4. The first kappa shape index (κ1) is 70.5. The Hall–Kier alpha value is -3.24. The van der Waals surface area contributed by atoms with Crippen LogP contribution in [0.15, 0.2) is 0 Å². The minimum atomic E-state index is -5.74. The predicted molar refractivity (Wildman–Crippen MR) is 295 cm³/mol. The van der Waals surface area contributed by atoms with E-state index in [-0.39, 0.29) is 70.8 Å². The Bertz CT molecular complexity index is 2320. The van der Waals surface area contributed by atoms with Crippen molar-refractivity contribution in [1.82, 2.24) is 0 Å². The second-order valence-corrected chi connectivity index (χ2v) is 30.1. The highest BCUT2D eigenvalue weighted by Gasteiger charge is 2.83. The number of ether oxygens (including phenoxy) is 7. The summed E-state index contributed by atoms with van der Waals surface area (Å²) in [5.41, 5.74) is -8.96. The van der Waals surface area contributed by atoms with E-state index in [1.807, 2.05) is 104 Å². The van der Waals surface area contributed by atoms with Crippen LogP contribution in [0.1, 0.15) is 228 Å². The maximum Gasteiger partial charge on any atom is 0.449 e. The van der Waals surface area contributed by atoms with E-state index in [2.05, 4.69) is 9.47 Å². The fraction of sp³-hybridized carbons (Fsp3) is 0.919. The molecule has 9 fully saturated rings. The van der Waals surface area contributed by atoms with Crippen LogP contribution in [0, 0.1) is 50.2 Å². The summed E-state index contributed by atoms with van der Waals surface area (Å²) >= 11 is 0. The monoisotopic (exact) mass is 1200 g/mol. The lowest BCUT2D eigenvalue weighted by atomic mass is 9.37. The largest absolute Gasteiger partial charge is 0.462 e. The summed E-state index contributed by atoms with van der Waals surface area (Å²) in [6.45, 7) is 32.4. The van der Waals surface area contributed by atoms with Crippen LogP contribution >= 0.6 is 0 Å². The van der Waals surface area contributed by atoms with Gasteiger partial charge in [-0.3, -0.25) is 24.0 Å². The van der Waals surface area contributed by atoms with Crippen LogP contribution in [0.25, 0.3) is 0 Å². The Morgan fingerprint density at radius 2 is 1.05 bits per heavy atom. The van der Waals surface area contributed by atoms with E-state index >= 15 is 0 Å². The van der Waals surface area contributed by atoms with Crippen molar-refractivity contribution in [2.75, 3.05) is 6.61 Å². The van der Waals surface area contributed by atoms with E-state index in [1.54, 1.807) is 6.92 Å². The molecule has 4 N–H and O–H groups in total. The zero-order valence-electron chi connectivity index (χ0n) is 53.0. The number of carbonyl (C=O) groups excluding carboxylic acids is 5. The minimum absolute atomic E-state index is 0.0434. The van der Waals surface area contributed by atoms with Gasteiger partial charge in [-0.25, -0.2) is 0 Å². The molecule has 480 valence electrons. The lowest BCUT2D eigenvalue weighted by Crippen LogP contribution is -2.70. The van der Waals surface area contributed by atoms with Crippen LogP contribution in [-0.4, -0.2) is 133 Å². The number of rotatable bonds is 15. The van der Waals surface area contributed by atoms with Crippen molar-refractivity contribution in [2.45, 2.75) is 304 Å². The van der Waals surface area contributed by atoms with Gasteiger partial charge in [-0.1, -0.05) is 27.7 Å². The van der Waals surface area contributed by atoms with E-state index in [9.17, 15) is 66.4 Å². The average molecular weight is 1200 g/mol. The maximum atomic E-state index is 14.0. The van der Waals surface area contributed by atoms with Gasteiger partial charge in [-0.15, -0.1) is 0 Å². The fourth-order valence-corrected chi connectivity index (χ4v) is 13.1. The molecule has 0 radical (unpaired) electrons. The number of fused-ring (bicyclic) bond motifs is 1. The molecular formula is C62H101F5O16. The lowest BCUT2D eigenvalue weighted by Gasteiger charge is -2.70. The molecule has 9 unspecified atom stereocenters. The average Bonchev–Trinajstić information content (AvgIpc) is 3.77. The summed E-state index contributed by atoms with van der Waals surface area (Å²) in [4.78, 5) is 60.3. The molecule has 0 spiro atoms. The summed E-state index contributed by atoms with van der Waals surface area (Å²) in [6, 6.07) is 0. The highest BCUT2D eigenvalue weighted by Crippen LogP contribution is 2.72. The van der Waals surface area contributed by atoms with Crippen LogP contribution in [0.5, 0.6) is 0 Å². The molecule has 9 aliphatic rings. The van der Waals surface area contributed by atoms with Crippen LogP contribution < -0.4 is 0 Å². The van der Waals surface area contributed by atoms with Gasteiger partial charge in [-0.2, -0.15) is 22.0 Å². The molecule has 0 amide bonds. The quantitative estimate of drug-likeness (QED) is 0.0678. The van der Waals surface area contributed by atoms with Crippen LogP contribution in [0.3, 0.4) is 0 Å². The van der Waals surface area contributed by atoms with Gasteiger partial charge >= 0.3 is 47.7 Å². The molecule has 4 saturated heterocycles. The molecule has 4 heterocycles. The summed E-state index contributed by atoms with van der Waals surface area (Å²) in [7, 11) is 0. The first-order valence-corrected chi connectivity index (χ1v) is 30.1. The van der Waals surface area contributed by atoms with E-state index < -0.39 is 86.9 Å². The Labute approximate surface area is 489 Å². The molecule has 16 nitrogen and oxygen atoms in total. The van der Waals surface area contributed by atoms with Gasteiger partial charge in [0.1, 0.15) is 17.8 Å². The highest BCUT2D eigenvalue weighted by molar-refractivity contribution is 5.79. The van der Waals surface area contributed by atoms with Crippen molar-refractivity contribution >= 4 is 29.8 Å². The third kappa shape index (κ3) is 13.7. The van der Waals surface area contributed by atoms with Crippen molar-refractivity contribution in [1.29, 1.82) is 0 Å². The van der Waals surface area contributed by atoms with Gasteiger partial charge in [0.15, 0.2) is 12.2 Å². The molecule has 9 atom stereocenters. The number of alkyl halides is 5. The van der Waals surface area contributed by atoms with Gasteiger partial charge in [0.25, 0.3) is 0 Å². The summed E-state index contributed by atoms with van der Waals surface area (Å²) in [6.07, 6.45) is 4.86. The molecule has 0 aromatic rings. The standard InChI is InChI=1S/C22H38O4.C15H28O3.C13H18O5.C12H17F5O4/c1-8-17(2,3)16(23)26-22-11-15-9-20(13-22,18(4,5)24)12-21(10-15,14-22)19(6,7)25;1-6-14(2,3)13(16)18-12-9-7-11(8-10-12)15(4,5)17;1-4-13(2,3)12(15)18-9-7-5-6-8(16-7)10(9)17-11(6)14;1-5-8(2,3)7(18)21-9(4)6-20-11(19,10(9,13)14)12(15,16)17/h15,24-25H,8-14H2,1-7H3;11-12,17H,6-10H2,1-5H3;6-10H,4-5H2,1-3H3;19H,5-6H2,1-4H3. The Morgan fingerprint density at radius 1 is 0.614 bits per heavy atom. The Kier molecular flexibility index (Phi) is 19.9. The lowest BCUT2D eigenvalue weighted by molar-refractivity contribution is -0.409. The van der Waals surface area contributed by atoms with Gasteiger partial charge in [0.2, 0.25) is 5.60 Å².